The summed E-state index contributed by atoms with van der Waals surface area (Å²) in [6, 6.07) is 20.0. The van der Waals surface area contributed by atoms with Crippen molar-refractivity contribution in [2.24, 2.45) is 0 Å². The van der Waals surface area contributed by atoms with Gasteiger partial charge in [0.05, 0.1) is 16.7 Å². The molecule has 0 aliphatic rings. The molecule has 162 valence electrons. The molecule has 5 rings (SSSR count). The number of aromatic nitrogens is 2. The zero-order chi connectivity index (χ0) is 22.1. The van der Waals surface area contributed by atoms with Crippen LogP contribution in [0.3, 0.4) is 0 Å². The summed E-state index contributed by atoms with van der Waals surface area (Å²) in [4.78, 5) is 4.79. The van der Waals surface area contributed by atoms with Crippen LogP contribution in [0.25, 0.3) is 33.3 Å². The van der Waals surface area contributed by atoms with E-state index >= 15 is 0 Å². The van der Waals surface area contributed by atoms with Crippen LogP contribution in [0.15, 0.2) is 88.5 Å². The first-order valence-corrected chi connectivity index (χ1v) is 12.3. The summed E-state index contributed by atoms with van der Waals surface area (Å²) in [7, 11) is -3.83. The molecule has 0 saturated heterocycles. The molecule has 3 aromatic heterocycles. The van der Waals surface area contributed by atoms with Crippen molar-refractivity contribution in [1.82, 2.24) is 8.96 Å². The number of fused-ring (bicyclic) bond motifs is 3. The van der Waals surface area contributed by atoms with Crippen LogP contribution in [0.2, 0.25) is 0 Å². The Morgan fingerprint density at radius 2 is 1.81 bits per heavy atom. The molecular weight excluding hydrogens is 420 g/mol. The van der Waals surface area contributed by atoms with Gasteiger partial charge in [-0.25, -0.2) is 17.4 Å². The van der Waals surface area contributed by atoms with E-state index in [0.717, 1.165) is 53.3 Å². The molecule has 0 atom stereocenters. The zero-order valence-corrected chi connectivity index (χ0v) is 18.7. The van der Waals surface area contributed by atoms with E-state index < -0.39 is 10.0 Å². The minimum Gasteiger partial charge on any atom is -0.464 e. The summed E-state index contributed by atoms with van der Waals surface area (Å²) in [5.74, 6) is 0.745. The van der Waals surface area contributed by atoms with E-state index in [1.807, 2.05) is 42.5 Å². The van der Waals surface area contributed by atoms with Gasteiger partial charge in [-0.3, -0.25) is 0 Å². The largest absolute Gasteiger partial charge is 0.464 e. The first-order valence-electron chi connectivity index (χ1n) is 10.9. The quantitative estimate of drug-likeness (QED) is 0.272. The van der Waals surface area contributed by atoms with Gasteiger partial charge in [0.2, 0.25) is 0 Å². The summed E-state index contributed by atoms with van der Waals surface area (Å²) in [6.45, 7) is 2.18. The molecule has 0 fully saturated rings. The van der Waals surface area contributed by atoms with Gasteiger partial charge in [0.1, 0.15) is 5.76 Å². The number of hydrogen-bond acceptors (Lipinski definition) is 4. The monoisotopic (exact) mass is 444 g/mol. The maximum Gasteiger partial charge on any atom is 0.269 e. The van der Waals surface area contributed by atoms with Crippen LogP contribution in [0.5, 0.6) is 0 Å². The van der Waals surface area contributed by atoms with Crippen molar-refractivity contribution in [2.45, 2.75) is 37.5 Å². The number of unbranched alkanes of at least 4 members (excludes halogenated alkanes) is 2. The third kappa shape index (κ3) is 3.41. The molecule has 0 amide bonds. The van der Waals surface area contributed by atoms with Crippen molar-refractivity contribution in [1.29, 1.82) is 0 Å². The second-order valence-corrected chi connectivity index (χ2v) is 9.70. The van der Waals surface area contributed by atoms with E-state index in [2.05, 4.69) is 11.9 Å². The van der Waals surface area contributed by atoms with E-state index in [-0.39, 0.29) is 4.90 Å². The van der Waals surface area contributed by atoms with E-state index in [0.29, 0.717) is 11.2 Å². The summed E-state index contributed by atoms with van der Waals surface area (Å²) < 4.78 is 34.4. The van der Waals surface area contributed by atoms with Crippen LogP contribution in [-0.2, 0) is 16.4 Å². The molecule has 32 heavy (non-hydrogen) atoms. The average molecular weight is 445 g/mol. The van der Waals surface area contributed by atoms with Crippen molar-refractivity contribution in [2.75, 3.05) is 0 Å². The highest BCUT2D eigenvalue weighted by Gasteiger charge is 2.25. The molecule has 0 saturated carbocycles. The number of rotatable bonds is 7. The van der Waals surface area contributed by atoms with Crippen molar-refractivity contribution in [3.8, 4) is 11.3 Å². The molecule has 5 nitrogen and oxygen atoms in total. The van der Waals surface area contributed by atoms with Crippen LogP contribution in [0, 0.1) is 0 Å². The van der Waals surface area contributed by atoms with Crippen molar-refractivity contribution in [3.05, 3.63) is 84.8 Å². The third-order valence-corrected chi connectivity index (χ3v) is 7.55. The molecule has 6 heteroatoms. The van der Waals surface area contributed by atoms with Crippen molar-refractivity contribution < 1.29 is 12.8 Å². The molecule has 5 aromatic rings. The first-order chi connectivity index (χ1) is 15.6. The fraction of sp³-hybridized carbons (Fsp3) is 0.192. The third-order valence-electron chi connectivity index (χ3n) is 5.83. The molecule has 2 aromatic carbocycles. The second-order valence-electron chi connectivity index (χ2n) is 7.92. The molecule has 3 heterocycles. The van der Waals surface area contributed by atoms with Gasteiger partial charge in [0.15, 0.2) is 5.65 Å². The van der Waals surface area contributed by atoms with Crippen LogP contribution in [-0.4, -0.2) is 17.4 Å². The fourth-order valence-electron chi connectivity index (χ4n) is 4.28. The van der Waals surface area contributed by atoms with E-state index in [4.69, 9.17) is 4.42 Å². The van der Waals surface area contributed by atoms with Gasteiger partial charge in [-0.1, -0.05) is 38.0 Å². The average Bonchev–Trinajstić information content (AvgIpc) is 3.46. The lowest BCUT2D eigenvalue weighted by atomic mass is 10.0. The van der Waals surface area contributed by atoms with Gasteiger partial charge in [0.25, 0.3) is 10.0 Å². The zero-order valence-electron chi connectivity index (χ0n) is 17.9. The Morgan fingerprint density at radius 1 is 0.969 bits per heavy atom. The summed E-state index contributed by atoms with van der Waals surface area (Å²) in [5, 5.41) is 1.76. The Kier molecular flexibility index (Phi) is 5.31. The maximum atomic E-state index is 13.7. The standard InChI is InChI=1S/C26H24N2O3S/c1-2-3-5-9-19-15-16-27-26-25(19)22-18-20(24-12-8-17-31-24)13-14-23(22)28(26)32(29,30)21-10-6-4-7-11-21/h4,6-8,10-18H,2-3,5,9H2,1H3. The van der Waals surface area contributed by atoms with E-state index in [9.17, 15) is 8.42 Å². The molecule has 0 unspecified atom stereocenters. The van der Waals surface area contributed by atoms with E-state index in [1.165, 1.54) is 3.97 Å². The number of aryl methyl sites for hydroxylation is 1. The summed E-state index contributed by atoms with van der Waals surface area (Å²) >= 11 is 0. The summed E-state index contributed by atoms with van der Waals surface area (Å²) in [5.41, 5.74) is 3.11. The predicted molar refractivity (Wildman–Crippen MR) is 127 cm³/mol. The molecular formula is C26H24N2O3S. The van der Waals surface area contributed by atoms with Crippen LogP contribution >= 0.6 is 0 Å². The van der Waals surface area contributed by atoms with Gasteiger partial charge in [-0.15, -0.1) is 0 Å². The highest BCUT2D eigenvalue weighted by atomic mass is 32.2. The lowest BCUT2D eigenvalue weighted by molar-refractivity contribution is 0.582. The second kappa shape index (κ2) is 8.28. The van der Waals surface area contributed by atoms with Crippen molar-refractivity contribution >= 4 is 32.0 Å². The first kappa shape index (κ1) is 20.5. The molecule has 0 N–H and O–H groups in total. The van der Waals surface area contributed by atoms with Gasteiger partial charge in [-0.2, -0.15) is 0 Å². The van der Waals surface area contributed by atoms with Crippen LogP contribution < -0.4 is 0 Å². The van der Waals surface area contributed by atoms with Crippen molar-refractivity contribution in [3.63, 3.8) is 0 Å². The fourth-order valence-corrected chi connectivity index (χ4v) is 5.77. The smallest absolute Gasteiger partial charge is 0.269 e. The predicted octanol–water partition coefficient (Wildman–Crippen LogP) is 6.42. The molecule has 0 bridgehead atoms. The topological polar surface area (TPSA) is 65.1 Å². The minimum absolute atomic E-state index is 0.243. The molecule has 0 radical (unpaired) electrons. The normalized spacial score (nSPS) is 12.0. The Hall–Kier alpha value is -3.38. The lowest BCUT2D eigenvalue weighted by Crippen LogP contribution is -2.13. The SMILES string of the molecule is CCCCCc1ccnc2c1c1cc(-c3ccco3)ccc1n2S(=O)(=O)c1ccccc1. The Labute approximate surface area is 187 Å². The number of furan rings is 1. The Morgan fingerprint density at radius 3 is 2.56 bits per heavy atom. The van der Waals surface area contributed by atoms with Gasteiger partial charge in [-0.05, 0) is 66.9 Å². The van der Waals surface area contributed by atoms with Gasteiger partial charge >= 0.3 is 0 Å². The Balaban J connectivity index is 1.83. The number of nitrogens with zero attached hydrogens (tertiary/aromatic N) is 2. The van der Waals surface area contributed by atoms with Gasteiger partial charge in [0, 0.05) is 22.5 Å². The molecule has 0 spiro atoms. The van der Waals surface area contributed by atoms with Crippen LogP contribution in [0.4, 0.5) is 0 Å². The highest BCUT2D eigenvalue weighted by Crippen LogP contribution is 2.36. The highest BCUT2D eigenvalue weighted by molar-refractivity contribution is 7.90. The molecule has 0 aliphatic carbocycles. The van der Waals surface area contributed by atoms with Crippen LogP contribution in [0.1, 0.15) is 31.7 Å². The number of benzene rings is 2. The number of hydrogen-bond donors (Lipinski definition) is 0. The Bertz CT molecular complexity index is 1480. The number of pyridine rings is 1. The maximum absolute atomic E-state index is 13.7. The lowest BCUT2D eigenvalue weighted by Gasteiger charge is -2.09. The van der Waals surface area contributed by atoms with Gasteiger partial charge < -0.3 is 4.42 Å². The molecule has 0 aliphatic heterocycles. The van der Waals surface area contributed by atoms with E-state index in [1.54, 1.807) is 36.7 Å². The minimum atomic E-state index is -3.83. The summed E-state index contributed by atoms with van der Waals surface area (Å²) in [6.07, 6.45) is 7.53.